The summed E-state index contributed by atoms with van der Waals surface area (Å²) in [5.74, 6) is 0.449. The lowest BCUT2D eigenvalue weighted by Gasteiger charge is -2.25. The van der Waals surface area contributed by atoms with Crippen molar-refractivity contribution in [2.75, 3.05) is 49.3 Å². The van der Waals surface area contributed by atoms with Gasteiger partial charge in [0, 0.05) is 51.9 Å². The number of nitrogens with zero attached hydrogens (tertiary/aromatic N) is 7. The number of carbonyl (C=O) groups excluding carboxylic acids is 2. The lowest BCUT2D eigenvalue weighted by Crippen LogP contribution is -2.31. The first kappa shape index (κ1) is 29.6. The fourth-order valence-electron chi connectivity index (χ4n) is 5.54. The Kier molecular flexibility index (Phi) is 8.65. The zero-order valence-corrected chi connectivity index (χ0v) is 25.2. The van der Waals surface area contributed by atoms with E-state index in [1.54, 1.807) is 43.2 Å². The number of fused-ring (bicyclic) bond motifs is 1. The second-order valence-corrected chi connectivity index (χ2v) is 11.0. The van der Waals surface area contributed by atoms with Gasteiger partial charge in [-0.1, -0.05) is 12.8 Å². The van der Waals surface area contributed by atoms with Crippen LogP contribution < -0.4 is 26.0 Å². The summed E-state index contributed by atoms with van der Waals surface area (Å²) in [7, 11) is 5.56. The molecule has 0 bridgehead atoms. The predicted octanol–water partition coefficient (Wildman–Crippen LogP) is 3.88. The molecule has 2 N–H and O–H groups in total. The summed E-state index contributed by atoms with van der Waals surface area (Å²) in [6, 6.07) is 7.43. The van der Waals surface area contributed by atoms with Gasteiger partial charge in [0.05, 0.1) is 29.3 Å². The molecular formula is C31H37N9O3. The molecule has 0 saturated heterocycles. The maximum absolute atomic E-state index is 13.5. The molecule has 43 heavy (non-hydrogen) atoms. The summed E-state index contributed by atoms with van der Waals surface area (Å²) >= 11 is 0. The van der Waals surface area contributed by atoms with Crippen molar-refractivity contribution < 1.29 is 9.59 Å². The number of hydrogen-bond acceptors (Lipinski definition) is 10. The molecule has 224 valence electrons. The fourth-order valence-corrected chi connectivity index (χ4v) is 5.54. The van der Waals surface area contributed by atoms with E-state index >= 15 is 0 Å². The molecule has 4 aromatic rings. The number of ketones is 1. The molecule has 5 rings (SSSR count). The summed E-state index contributed by atoms with van der Waals surface area (Å²) in [5.41, 5.74) is 3.33. The number of amides is 1. The van der Waals surface area contributed by atoms with Crippen LogP contribution in [0.5, 0.6) is 0 Å². The Hall–Kier alpha value is -4.87. The van der Waals surface area contributed by atoms with E-state index in [1.165, 1.54) is 6.92 Å². The highest BCUT2D eigenvalue weighted by atomic mass is 16.2. The Balaban J connectivity index is 1.29. The van der Waals surface area contributed by atoms with Gasteiger partial charge in [0.1, 0.15) is 17.2 Å². The first-order chi connectivity index (χ1) is 20.7. The molecular weight excluding hydrogens is 546 g/mol. The highest BCUT2D eigenvalue weighted by Gasteiger charge is 2.26. The second kappa shape index (κ2) is 12.6. The molecule has 1 amide bonds. The average Bonchev–Trinajstić information content (AvgIpc) is 3.54. The van der Waals surface area contributed by atoms with E-state index in [-0.39, 0.29) is 28.9 Å². The van der Waals surface area contributed by atoms with Crippen LogP contribution in [-0.2, 0) is 0 Å². The maximum atomic E-state index is 13.5. The van der Waals surface area contributed by atoms with E-state index in [1.807, 2.05) is 32.3 Å². The van der Waals surface area contributed by atoms with E-state index in [0.717, 1.165) is 50.1 Å². The molecule has 12 heteroatoms. The van der Waals surface area contributed by atoms with E-state index in [4.69, 9.17) is 4.98 Å². The molecule has 1 aliphatic carbocycles. The van der Waals surface area contributed by atoms with Crippen molar-refractivity contribution in [2.45, 2.75) is 45.6 Å². The molecule has 1 fully saturated rings. The number of hydrogen-bond donors (Lipinski definition) is 2. The number of aromatic nitrogens is 5. The zero-order chi connectivity index (χ0) is 30.7. The number of rotatable bonds is 10. The van der Waals surface area contributed by atoms with Crippen LogP contribution in [-0.4, -0.2) is 70.4 Å². The quantitative estimate of drug-likeness (QED) is 0.265. The Morgan fingerprint density at radius 1 is 0.953 bits per heavy atom. The SMILES string of the molecule is CNC(=O)c1ccc(N(C)CCN(C)c2ccc(Nc3ncc4c(C)c(C(C)=O)c(=O)n(C5CCCC5)c4n3)nc2)cn1. The van der Waals surface area contributed by atoms with Gasteiger partial charge in [-0.25, -0.2) is 15.0 Å². The van der Waals surface area contributed by atoms with Gasteiger partial charge in [0.25, 0.3) is 11.5 Å². The summed E-state index contributed by atoms with van der Waals surface area (Å²) in [6.45, 7) is 4.68. The van der Waals surface area contributed by atoms with Crippen molar-refractivity contribution in [3.05, 3.63) is 70.0 Å². The number of Topliss-reactive ketones (excluding diaryl/α,β-unsaturated/α-hetero) is 1. The smallest absolute Gasteiger partial charge is 0.269 e. The maximum Gasteiger partial charge on any atom is 0.269 e. The largest absolute Gasteiger partial charge is 0.372 e. The molecule has 1 aliphatic rings. The van der Waals surface area contributed by atoms with Crippen LogP contribution in [0.4, 0.5) is 23.1 Å². The zero-order valence-electron chi connectivity index (χ0n) is 25.2. The molecule has 4 heterocycles. The molecule has 1 saturated carbocycles. The Morgan fingerprint density at radius 2 is 1.60 bits per heavy atom. The van der Waals surface area contributed by atoms with Crippen molar-refractivity contribution in [1.82, 2.24) is 29.8 Å². The molecule has 4 aromatic heterocycles. The van der Waals surface area contributed by atoms with E-state index < -0.39 is 0 Å². The average molecular weight is 584 g/mol. The van der Waals surface area contributed by atoms with Gasteiger partial charge in [0.15, 0.2) is 5.78 Å². The Bertz CT molecular complexity index is 1700. The number of nitrogens with one attached hydrogen (secondary N) is 2. The first-order valence-electron chi connectivity index (χ1n) is 14.4. The van der Waals surface area contributed by atoms with Crippen LogP contribution in [0.15, 0.2) is 47.7 Å². The number of pyridine rings is 3. The van der Waals surface area contributed by atoms with E-state index in [2.05, 4.69) is 35.4 Å². The van der Waals surface area contributed by atoms with Gasteiger partial charge in [-0.2, -0.15) is 4.98 Å². The standard InChI is InChI=1S/C31H37N9O3/c1-19-24-18-35-31(37-28(24)40(21-8-6-7-9-21)30(43)27(19)20(2)41)36-26-13-11-23(17-34-26)39(5)15-14-38(4)22-10-12-25(33-16-22)29(42)32-3/h10-13,16-18,21H,6-9,14-15H2,1-5H3,(H,32,42)(H,34,35,36,37). The van der Waals surface area contributed by atoms with Gasteiger partial charge in [-0.05, 0) is 56.5 Å². The van der Waals surface area contributed by atoms with Crippen LogP contribution >= 0.6 is 0 Å². The number of likely N-dealkylation sites (N-methyl/N-ethyl adjacent to an activating group) is 2. The second-order valence-electron chi connectivity index (χ2n) is 11.0. The molecule has 12 nitrogen and oxygen atoms in total. The minimum Gasteiger partial charge on any atom is -0.372 e. The molecule has 0 aromatic carbocycles. The van der Waals surface area contributed by atoms with Gasteiger partial charge < -0.3 is 20.4 Å². The van der Waals surface area contributed by atoms with Crippen molar-refractivity contribution >= 4 is 45.9 Å². The van der Waals surface area contributed by atoms with Crippen LogP contribution in [0.3, 0.4) is 0 Å². The van der Waals surface area contributed by atoms with Crippen molar-refractivity contribution in [2.24, 2.45) is 0 Å². The third-order valence-electron chi connectivity index (χ3n) is 8.10. The summed E-state index contributed by atoms with van der Waals surface area (Å²) in [4.78, 5) is 59.7. The number of carbonyl (C=O) groups is 2. The number of anilines is 4. The van der Waals surface area contributed by atoms with Gasteiger partial charge >= 0.3 is 0 Å². The summed E-state index contributed by atoms with van der Waals surface area (Å²) in [6.07, 6.45) is 9.01. The van der Waals surface area contributed by atoms with Crippen molar-refractivity contribution in [3.63, 3.8) is 0 Å². The summed E-state index contributed by atoms with van der Waals surface area (Å²) < 4.78 is 1.70. The topological polar surface area (TPSA) is 138 Å². The van der Waals surface area contributed by atoms with Crippen LogP contribution in [0.2, 0.25) is 0 Å². The van der Waals surface area contributed by atoms with Gasteiger partial charge in [-0.15, -0.1) is 0 Å². The van der Waals surface area contributed by atoms with Crippen molar-refractivity contribution in [1.29, 1.82) is 0 Å². The monoisotopic (exact) mass is 583 g/mol. The van der Waals surface area contributed by atoms with Crippen LogP contribution in [0, 0.1) is 6.92 Å². The lowest BCUT2D eigenvalue weighted by atomic mass is 10.0. The highest BCUT2D eigenvalue weighted by Crippen LogP contribution is 2.32. The third kappa shape index (κ3) is 6.18. The molecule has 0 atom stereocenters. The van der Waals surface area contributed by atoms with Crippen LogP contribution in [0.1, 0.15) is 65.1 Å². The summed E-state index contributed by atoms with van der Waals surface area (Å²) in [5, 5.41) is 6.44. The van der Waals surface area contributed by atoms with E-state index in [9.17, 15) is 14.4 Å². The minimum absolute atomic E-state index is 0.0154. The minimum atomic E-state index is -0.276. The molecule has 0 unspecified atom stereocenters. The van der Waals surface area contributed by atoms with Crippen molar-refractivity contribution in [3.8, 4) is 0 Å². The third-order valence-corrected chi connectivity index (χ3v) is 8.10. The highest BCUT2D eigenvalue weighted by molar-refractivity contribution is 5.99. The van der Waals surface area contributed by atoms with E-state index in [0.29, 0.717) is 34.1 Å². The Labute approximate surface area is 250 Å². The Morgan fingerprint density at radius 3 is 2.16 bits per heavy atom. The normalized spacial score (nSPS) is 13.2. The van der Waals surface area contributed by atoms with Gasteiger partial charge in [-0.3, -0.25) is 19.0 Å². The first-order valence-corrected chi connectivity index (χ1v) is 14.4. The molecule has 0 radical (unpaired) electrons. The lowest BCUT2D eigenvalue weighted by molar-refractivity contribution is 0.0957. The molecule has 0 aliphatic heterocycles. The number of aryl methyl sites for hydroxylation is 1. The van der Waals surface area contributed by atoms with Crippen LogP contribution in [0.25, 0.3) is 11.0 Å². The van der Waals surface area contributed by atoms with Gasteiger partial charge in [0.2, 0.25) is 5.95 Å². The fraction of sp³-hybridized carbons (Fsp3) is 0.387. The predicted molar refractivity (Wildman–Crippen MR) is 168 cm³/mol. The molecule has 0 spiro atoms.